The van der Waals surface area contributed by atoms with Crippen molar-refractivity contribution >= 4 is 22.5 Å². The van der Waals surface area contributed by atoms with Crippen LogP contribution in [0.25, 0.3) is 16.9 Å². The number of hydrogen-bond acceptors (Lipinski definition) is 2. The molecule has 0 unspecified atom stereocenters. The number of pyridine rings is 1. The molecule has 0 saturated heterocycles. The second kappa shape index (κ2) is 7.42. The summed E-state index contributed by atoms with van der Waals surface area (Å²) < 4.78 is 1.95. The summed E-state index contributed by atoms with van der Waals surface area (Å²) in [4.78, 5) is 16.1. The number of nitrogens with zero attached hydrogens (tertiary/aromatic N) is 2. The molecule has 0 fully saturated rings. The number of hydrogen-bond donors (Lipinski definition) is 0. The first-order chi connectivity index (χ1) is 11.0. The van der Waals surface area contributed by atoms with Crippen LogP contribution in [0.5, 0.6) is 0 Å². The number of carbonyl (C=O) groups excluding carboxylic acids is 1. The molecule has 3 aromatic rings. The van der Waals surface area contributed by atoms with Gasteiger partial charge in [-0.2, -0.15) is 0 Å². The van der Waals surface area contributed by atoms with Crippen LogP contribution < -0.4 is 0 Å². The van der Waals surface area contributed by atoms with Crippen molar-refractivity contribution in [2.45, 2.75) is 34.1 Å². The van der Waals surface area contributed by atoms with Crippen molar-refractivity contribution in [1.82, 2.24) is 9.38 Å². The monoisotopic (exact) mass is 328 g/mol. The van der Waals surface area contributed by atoms with Crippen molar-refractivity contribution in [3.05, 3.63) is 59.4 Å². The Kier molecular flexibility index (Phi) is 5.56. The van der Waals surface area contributed by atoms with E-state index in [1.54, 1.807) is 0 Å². The number of imidazole rings is 1. The van der Waals surface area contributed by atoms with Crippen LogP contribution in [0, 0.1) is 13.8 Å². The number of aryl methyl sites for hydroxylation is 2. The van der Waals surface area contributed by atoms with E-state index < -0.39 is 0 Å². The predicted octanol–water partition coefficient (Wildman–Crippen LogP) is 4.95. The summed E-state index contributed by atoms with van der Waals surface area (Å²) in [6.07, 6.45) is 2.14. The fourth-order valence-corrected chi connectivity index (χ4v) is 2.57. The molecule has 0 atom stereocenters. The normalized spacial score (nSPS) is 10.3. The lowest BCUT2D eigenvalue weighted by molar-refractivity contribution is -0.111. The van der Waals surface area contributed by atoms with E-state index in [1.807, 2.05) is 74.7 Å². The molecule has 0 amide bonds. The van der Waals surface area contributed by atoms with Crippen molar-refractivity contribution in [2.75, 3.05) is 0 Å². The Morgan fingerprint density at radius 3 is 2.26 bits per heavy atom. The Bertz CT molecular complexity index is 819. The summed E-state index contributed by atoms with van der Waals surface area (Å²) in [6.45, 7) is 8.05. The number of rotatable bonds is 3. The first kappa shape index (κ1) is 17.2. The van der Waals surface area contributed by atoms with E-state index in [4.69, 9.17) is 11.6 Å². The van der Waals surface area contributed by atoms with Crippen LogP contribution in [0.3, 0.4) is 0 Å². The lowest BCUT2D eigenvalue weighted by atomic mass is 10.1. The fraction of sp³-hybridized carbons (Fsp3) is 0.263. The smallest absolute Gasteiger partial charge is 0.227 e. The third kappa shape index (κ3) is 3.80. The summed E-state index contributed by atoms with van der Waals surface area (Å²) in [7, 11) is 0. The lowest BCUT2D eigenvalue weighted by Crippen LogP contribution is -2.00. The maximum atomic E-state index is 11.4. The maximum Gasteiger partial charge on any atom is 0.227 e. The minimum atomic E-state index is -0.383. The maximum absolute atomic E-state index is 11.4. The van der Waals surface area contributed by atoms with E-state index in [9.17, 15) is 4.79 Å². The molecular formula is C19H21ClN2O. The Labute approximate surface area is 141 Å². The van der Waals surface area contributed by atoms with Gasteiger partial charge in [-0.05, 0) is 37.1 Å². The number of aromatic nitrogens is 2. The van der Waals surface area contributed by atoms with Crippen molar-refractivity contribution in [3.63, 3.8) is 0 Å². The fourth-order valence-electron chi connectivity index (χ4n) is 2.44. The molecule has 1 aromatic carbocycles. The van der Waals surface area contributed by atoms with Gasteiger partial charge in [0.25, 0.3) is 0 Å². The average Bonchev–Trinajstić information content (AvgIpc) is 2.87. The molecular weight excluding hydrogens is 308 g/mol. The molecule has 0 bridgehead atoms. The zero-order valence-corrected chi connectivity index (χ0v) is 14.7. The van der Waals surface area contributed by atoms with E-state index in [1.165, 1.54) is 5.56 Å². The number of carbonyl (C=O) groups is 1. The molecule has 2 aromatic heterocycles. The summed E-state index contributed by atoms with van der Waals surface area (Å²) in [5.74, 6) is 0. The van der Waals surface area contributed by atoms with Crippen LogP contribution in [0.1, 0.15) is 30.7 Å². The SMILES string of the molecule is CC.Cc1ccc(-c2nc3ccc(C)cn3c2CC(=O)Cl)cc1. The zero-order chi connectivity index (χ0) is 17.0. The summed E-state index contributed by atoms with van der Waals surface area (Å²) in [5.41, 5.74) is 5.76. The van der Waals surface area contributed by atoms with Crippen molar-refractivity contribution in [3.8, 4) is 11.3 Å². The zero-order valence-electron chi connectivity index (χ0n) is 13.9. The topological polar surface area (TPSA) is 34.4 Å². The molecule has 23 heavy (non-hydrogen) atoms. The van der Waals surface area contributed by atoms with Gasteiger partial charge >= 0.3 is 0 Å². The summed E-state index contributed by atoms with van der Waals surface area (Å²) >= 11 is 5.61. The van der Waals surface area contributed by atoms with Crippen LogP contribution in [0.4, 0.5) is 0 Å². The van der Waals surface area contributed by atoms with Crippen LogP contribution in [0.15, 0.2) is 42.6 Å². The standard InChI is InChI=1S/C17H15ClN2O.C2H6/c1-11-3-6-13(7-4-11)17-14(9-15(18)21)20-10-12(2)5-8-16(20)19-17;1-2/h3-8,10H,9H2,1-2H3;1-2H3. The highest BCUT2D eigenvalue weighted by Gasteiger charge is 2.16. The molecule has 0 radical (unpaired) electrons. The molecule has 0 aliphatic rings. The molecule has 0 spiro atoms. The quantitative estimate of drug-likeness (QED) is 0.637. The third-order valence-electron chi connectivity index (χ3n) is 3.50. The summed E-state index contributed by atoms with van der Waals surface area (Å²) in [6, 6.07) is 12.1. The second-order valence-corrected chi connectivity index (χ2v) is 5.66. The Morgan fingerprint density at radius 2 is 1.65 bits per heavy atom. The van der Waals surface area contributed by atoms with Crippen LogP contribution >= 0.6 is 11.6 Å². The Hall–Kier alpha value is -2.13. The third-order valence-corrected chi connectivity index (χ3v) is 3.63. The first-order valence-corrected chi connectivity index (χ1v) is 8.15. The van der Waals surface area contributed by atoms with E-state index in [0.29, 0.717) is 0 Å². The van der Waals surface area contributed by atoms with Gasteiger partial charge in [-0.1, -0.05) is 49.7 Å². The largest absolute Gasteiger partial charge is 0.303 e. The van der Waals surface area contributed by atoms with E-state index >= 15 is 0 Å². The van der Waals surface area contributed by atoms with Crippen molar-refractivity contribution < 1.29 is 4.79 Å². The molecule has 120 valence electrons. The first-order valence-electron chi connectivity index (χ1n) is 7.77. The minimum Gasteiger partial charge on any atom is -0.303 e. The van der Waals surface area contributed by atoms with E-state index in [0.717, 1.165) is 28.2 Å². The van der Waals surface area contributed by atoms with Gasteiger partial charge in [0.2, 0.25) is 5.24 Å². The highest BCUT2D eigenvalue weighted by Crippen LogP contribution is 2.26. The van der Waals surface area contributed by atoms with Gasteiger partial charge in [0, 0.05) is 11.8 Å². The van der Waals surface area contributed by atoms with E-state index in [-0.39, 0.29) is 11.7 Å². The van der Waals surface area contributed by atoms with Crippen LogP contribution in [-0.4, -0.2) is 14.6 Å². The predicted molar refractivity (Wildman–Crippen MR) is 96.0 cm³/mol. The van der Waals surface area contributed by atoms with Gasteiger partial charge in [0.15, 0.2) is 0 Å². The van der Waals surface area contributed by atoms with E-state index in [2.05, 4.69) is 4.98 Å². The molecule has 0 N–H and O–H groups in total. The van der Waals surface area contributed by atoms with Gasteiger partial charge < -0.3 is 4.40 Å². The van der Waals surface area contributed by atoms with Crippen molar-refractivity contribution in [1.29, 1.82) is 0 Å². The van der Waals surface area contributed by atoms with Crippen LogP contribution in [-0.2, 0) is 11.2 Å². The molecule has 3 rings (SSSR count). The lowest BCUT2D eigenvalue weighted by Gasteiger charge is -2.04. The Morgan fingerprint density at radius 1 is 1.04 bits per heavy atom. The number of halogens is 1. The molecule has 0 saturated carbocycles. The molecule has 2 heterocycles. The molecule has 4 heteroatoms. The minimum absolute atomic E-state index is 0.162. The molecule has 3 nitrogen and oxygen atoms in total. The number of fused-ring (bicyclic) bond motifs is 1. The van der Waals surface area contributed by atoms with Gasteiger partial charge in [0.1, 0.15) is 5.65 Å². The average molecular weight is 329 g/mol. The van der Waals surface area contributed by atoms with Gasteiger partial charge in [-0.3, -0.25) is 4.79 Å². The molecule has 0 aliphatic heterocycles. The van der Waals surface area contributed by atoms with Crippen molar-refractivity contribution in [2.24, 2.45) is 0 Å². The number of benzene rings is 1. The highest BCUT2D eigenvalue weighted by molar-refractivity contribution is 6.63. The summed E-state index contributed by atoms with van der Waals surface area (Å²) in [5, 5.41) is -0.383. The molecule has 0 aliphatic carbocycles. The highest BCUT2D eigenvalue weighted by atomic mass is 35.5. The second-order valence-electron chi connectivity index (χ2n) is 5.24. The van der Waals surface area contributed by atoms with Gasteiger partial charge in [-0.15, -0.1) is 0 Å². The Balaban J connectivity index is 0.000000924. The van der Waals surface area contributed by atoms with Crippen LogP contribution in [0.2, 0.25) is 0 Å². The van der Waals surface area contributed by atoms with Gasteiger partial charge in [-0.25, -0.2) is 4.98 Å². The van der Waals surface area contributed by atoms with Gasteiger partial charge in [0.05, 0.1) is 17.8 Å².